The van der Waals surface area contributed by atoms with Crippen molar-refractivity contribution in [2.75, 3.05) is 0 Å². The third-order valence-electron chi connectivity index (χ3n) is 11.7. The lowest BCUT2D eigenvalue weighted by Gasteiger charge is -2.13. The minimum Gasteiger partial charge on any atom is -0.292 e. The molecule has 0 atom stereocenters. The van der Waals surface area contributed by atoms with Gasteiger partial charge in [-0.15, -0.1) is 0 Å². The van der Waals surface area contributed by atoms with Crippen molar-refractivity contribution in [2.24, 2.45) is 0 Å². The number of benzene rings is 9. The second-order valence-electron chi connectivity index (χ2n) is 15.2. The largest absolute Gasteiger partial charge is 0.292 e. The summed E-state index contributed by atoms with van der Waals surface area (Å²) >= 11 is 0. The van der Waals surface area contributed by atoms with E-state index in [0.717, 1.165) is 89.3 Å². The average Bonchev–Trinajstić information content (AvgIpc) is 3.90. The Balaban J connectivity index is 1.01. The predicted octanol–water partition coefficient (Wildman–Crippen LogP) is 13.9. The molecule has 0 N–H and O–H groups in total. The molecular formula is C55H35N5. The van der Waals surface area contributed by atoms with Gasteiger partial charge in [0.25, 0.3) is 0 Å². The third kappa shape index (κ3) is 5.37. The van der Waals surface area contributed by atoms with Crippen LogP contribution in [-0.2, 0) is 0 Å². The van der Waals surface area contributed by atoms with Crippen molar-refractivity contribution in [1.82, 2.24) is 23.9 Å². The summed E-state index contributed by atoms with van der Waals surface area (Å²) in [5.74, 6) is 2.43. The SMILES string of the molecule is c1ccc(-c2nc(-c3cccc(-c4ccc(-c5nc6c7ccccc7c7ccccc7c6n5-c5ccccc5)cc4)c3)nc3c4ccccc4c(-c4ccccc4)n23)cc1. The fourth-order valence-electron chi connectivity index (χ4n) is 8.99. The number of hydrogen-bond donors (Lipinski definition) is 0. The van der Waals surface area contributed by atoms with Gasteiger partial charge in [-0.1, -0.05) is 194 Å². The van der Waals surface area contributed by atoms with Crippen molar-refractivity contribution in [2.45, 2.75) is 0 Å². The number of nitrogens with zero attached hydrogens (tertiary/aromatic N) is 5. The van der Waals surface area contributed by atoms with Crippen molar-refractivity contribution < 1.29 is 0 Å². The molecule has 0 aliphatic rings. The van der Waals surface area contributed by atoms with Gasteiger partial charge in [0.05, 0.1) is 16.7 Å². The van der Waals surface area contributed by atoms with Crippen molar-refractivity contribution >= 4 is 49.0 Å². The van der Waals surface area contributed by atoms with Crippen LogP contribution in [0, 0.1) is 0 Å². The first kappa shape index (κ1) is 33.9. The fraction of sp³-hybridized carbons (Fsp3) is 0. The number of para-hydroxylation sites is 1. The van der Waals surface area contributed by atoms with E-state index in [0.29, 0.717) is 5.82 Å². The van der Waals surface area contributed by atoms with E-state index in [2.05, 4.69) is 215 Å². The molecule has 0 aliphatic heterocycles. The Kier molecular flexibility index (Phi) is 7.78. The van der Waals surface area contributed by atoms with Crippen LogP contribution in [0.1, 0.15) is 0 Å². The van der Waals surface area contributed by atoms with Crippen molar-refractivity contribution in [3.8, 4) is 62.2 Å². The van der Waals surface area contributed by atoms with Gasteiger partial charge < -0.3 is 0 Å². The Morgan fingerprint density at radius 1 is 0.317 bits per heavy atom. The molecule has 0 saturated heterocycles. The molecule has 3 aromatic heterocycles. The van der Waals surface area contributed by atoms with Crippen LogP contribution in [0.15, 0.2) is 212 Å². The molecule has 280 valence electrons. The van der Waals surface area contributed by atoms with E-state index in [1.807, 2.05) is 6.07 Å². The van der Waals surface area contributed by atoms with Crippen molar-refractivity contribution in [1.29, 1.82) is 0 Å². The van der Waals surface area contributed by atoms with Crippen LogP contribution in [0.3, 0.4) is 0 Å². The first-order valence-corrected chi connectivity index (χ1v) is 20.3. The zero-order valence-electron chi connectivity index (χ0n) is 32.4. The summed E-state index contributed by atoms with van der Waals surface area (Å²) in [7, 11) is 0. The molecule has 0 unspecified atom stereocenters. The molecule has 0 saturated carbocycles. The molecule has 5 nitrogen and oxygen atoms in total. The Labute approximate surface area is 346 Å². The second-order valence-corrected chi connectivity index (χ2v) is 15.2. The van der Waals surface area contributed by atoms with Gasteiger partial charge in [-0.3, -0.25) is 8.97 Å². The van der Waals surface area contributed by atoms with Gasteiger partial charge >= 0.3 is 0 Å². The summed E-state index contributed by atoms with van der Waals surface area (Å²) in [5, 5.41) is 6.99. The van der Waals surface area contributed by atoms with Crippen LogP contribution in [0.4, 0.5) is 0 Å². The summed E-state index contributed by atoms with van der Waals surface area (Å²) < 4.78 is 4.56. The molecule has 0 amide bonds. The van der Waals surface area contributed by atoms with Crippen LogP contribution >= 0.6 is 0 Å². The Bertz CT molecular complexity index is 3570. The Hall–Kier alpha value is -8.15. The Morgan fingerprint density at radius 2 is 0.833 bits per heavy atom. The highest BCUT2D eigenvalue weighted by molar-refractivity contribution is 6.24. The predicted molar refractivity (Wildman–Crippen MR) is 247 cm³/mol. The molecule has 0 spiro atoms. The van der Waals surface area contributed by atoms with Gasteiger partial charge in [-0.05, 0) is 45.7 Å². The highest BCUT2D eigenvalue weighted by atomic mass is 15.1. The maximum Gasteiger partial charge on any atom is 0.163 e. The first-order chi connectivity index (χ1) is 29.8. The number of hydrogen-bond acceptors (Lipinski definition) is 3. The number of fused-ring (bicyclic) bond motifs is 9. The van der Waals surface area contributed by atoms with E-state index in [1.165, 1.54) is 16.2 Å². The number of imidazole rings is 1. The minimum absolute atomic E-state index is 0.679. The lowest BCUT2D eigenvalue weighted by Crippen LogP contribution is -2.03. The fourth-order valence-corrected chi connectivity index (χ4v) is 8.99. The molecule has 60 heavy (non-hydrogen) atoms. The molecular weight excluding hydrogens is 731 g/mol. The Morgan fingerprint density at radius 3 is 1.55 bits per heavy atom. The quantitative estimate of drug-likeness (QED) is 0.158. The molecule has 0 aliphatic carbocycles. The van der Waals surface area contributed by atoms with Gasteiger partial charge in [0.15, 0.2) is 5.82 Å². The monoisotopic (exact) mass is 765 g/mol. The van der Waals surface area contributed by atoms with Gasteiger partial charge in [0.1, 0.15) is 17.3 Å². The molecule has 0 fully saturated rings. The molecule has 12 aromatic rings. The molecule has 9 aromatic carbocycles. The van der Waals surface area contributed by atoms with Gasteiger partial charge in [0.2, 0.25) is 0 Å². The lowest BCUT2D eigenvalue weighted by molar-refractivity contribution is 1.05. The summed E-state index contributed by atoms with van der Waals surface area (Å²) in [6.07, 6.45) is 0. The minimum atomic E-state index is 0.679. The molecule has 0 bridgehead atoms. The normalized spacial score (nSPS) is 11.7. The molecule has 5 heteroatoms. The van der Waals surface area contributed by atoms with Crippen LogP contribution in [0.5, 0.6) is 0 Å². The maximum atomic E-state index is 5.44. The van der Waals surface area contributed by atoms with E-state index < -0.39 is 0 Å². The summed E-state index contributed by atoms with van der Waals surface area (Å²) in [6.45, 7) is 0. The third-order valence-corrected chi connectivity index (χ3v) is 11.7. The number of rotatable bonds is 6. The van der Waals surface area contributed by atoms with E-state index in [4.69, 9.17) is 15.0 Å². The van der Waals surface area contributed by atoms with Crippen molar-refractivity contribution in [3.05, 3.63) is 212 Å². The standard InChI is InChI=1S/C55H35N5/c1-4-17-37(18-5-1)50-47-29-14-15-30-48(47)55-58-52(57-54(60(50)55)38-19-6-2-7-20-38)41-22-16-21-40(35-41)36-31-33-39(34-32-36)53-56-49-45-27-12-10-25-43(45)44-26-11-13-28-46(44)51(49)59(53)42-23-8-3-9-24-42/h1-35H. The van der Waals surface area contributed by atoms with E-state index >= 15 is 0 Å². The number of aromatic nitrogens is 5. The average molecular weight is 766 g/mol. The maximum absolute atomic E-state index is 5.44. The molecule has 3 heterocycles. The second kappa shape index (κ2) is 13.8. The highest BCUT2D eigenvalue weighted by Crippen LogP contribution is 2.41. The van der Waals surface area contributed by atoms with Crippen LogP contribution in [0.2, 0.25) is 0 Å². The molecule has 12 rings (SSSR count). The highest BCUT2D eigenvalue weighted by Gasteiger charge is 2.22. The van der Waals surface area contributed by atoms with Crippen LogP contribution < -0.4 is 0 Å². The van der Waals surface area contributed by atoms with Crippen LogP contribution in [0.25, 0.3) is 111 Å². The van der Waals surface area contributed by atoms with E-state index in [-0.39, 0.29) is 0 Å². The molecule has 0 radical (unpaired) electrons. The van der Waals surface area contributed by atoms with Gasteiger partial charge in [-0.25, -0.2) is 15.0 Å². The summed E-state index contributed by atoms with van der Waals surface area (Å²) in [5.41, 5.74) is 11.5. The van der Waals surface area contributed by atoms with E-state index in [1.54, 1.807) is 0 Å². The topological polar surface area (TPSA) is 48.0 Å². The zero-order chi connectivity index (χ0) is 39.6. The lowest BCUT2D eigenvalue weighted by atomic mass is 10.00. The van der Waals surface area contributed by atoms with Gasteiger partial charge in [-0.2, -0.15) is 0 Å². The smallest absolute Gasteiger partial charge is 0.163 e. The first-order valence-electron chi connectivity index (χ1n) is 20.3. The summed E-state index contributed by atoms with van der Waals surface area (Å²) in [4.78, 5) is 16.1. The summed E-state index contributed by atoms with van der Waals surface area (Å²) in [6, 6.07) is 74.7. The van der Waals surface area contributed by atoms with Gasteiger partial charge in [0, 0.05) is 43.9 Å². The van der Waals surface area contributed by atoms with Crippen LogP contribution in [-0.4, -0.2) is 23.9 Å². The zero-order valence-corrected chi connectivity index (χ0v) is 32.4. The van der Waals surface area contributed by atoms with E-state index in [9.17, 15) is 0 Å². The van der Waals surface area contributed by atoms with Crippen molar-refractivity contribution in [3.63, 3.8) is 0 Å².